The van der Waals surface area contributed by atoms with Gasteiger partial charge in [-0.25, -0.2) is 0 Å². The van der Waals surface area contributed by atoms with Crippen LogP contribution in [0.2, 0.25) is 5.02 Å². The summed E-state index contributed by atoms with van der Waals surface area (Å²) in [6.07, 6.45) is 4.21. The molecule has 2 saturated heterocycles. The van der Waals surface area contributed by atoms with E-state index in [0.717, 1.165) is 63.9 Å². The first kappa shape index (κ1) is 26.7. The maximum atomic E-state index is 6.97. The number of rotatable bonds is 6. The Balaban J connectivity index is 1.44. The molecule has 0 amide bonds. The maximum absolute atomic E-state index is 6.97. The third-order valence-electron chi connectivity index (χ3n) is 8.17. The Kier molecular flexibility index (Phi) is 7.43. The number of pyridine rings is 1. The lowest BCUT2D eigenvalue weighted by molar-refractivity contribution is 0.414. The normalized spacial score (nSPS) is 19.6. The van der Waals surface area contributed by atoms with Gasteiger partial charge in [-0.3, -0.25) is 4.98 Å². The average Bonchev–Trinajstić information content (AvgIpc) is 3.53. The van der Waals surface area contributed by atoms with Crippen LogP contribution in [0.15, 0.2) is 79.0 Å². The first-order chi connectivity index (χ1) is 19.4. The highest BCUT2D eigenvalue weighted by Crippen LogP contribution is 2.44. The van der Waals surface area contributed by atoms with Gasteiger partial charge in [-0.05, 0) is 105 Å². The van der Waals surface area contributed by atoms with Crippen molar-refractivity contribution in [2.75, 3.05) is 30.0 Å². The predicted octanol–water partition coefficient (Wildman–Crippen LogP) is 7.26. The van der Waals surface area contributed by atoms with Crippen LogP contribution in [0.4, 0.5) is 11.4 Å². The second kappa shape index (κ2) is 11.1. The molecule has 2 aliphatic rings. The molecular weight excluding hydrogens is 538 g/mol. The molecule has 4 heterocycles. The predicted molar refractivity (Wildman–Crippen MR) is 167 cm³/mol. The molecule has 4 aromatic rings. The molecule has 0 radical (unpaired) electrons. The minimum absolute atomic E-state index is 0.151. The van der Waals surface area contributed by atoms with E-state index in [1.54, 1.807) is 7.11 Å². The minimum Gasteiger partial charge on any atom is -0.497 e. The van der Waals surface area contributed by atoms with Gasteiger partial charge in [-0.15, -0.1) is 0 Å². The molecule has 0 spiro atoms. The molecule has 40 heavy (non-hydrogen) atoms. The number of methoxy groups -OCH3 is 1. The van der Waals surface area contributed by atoms with Gasteiger partial charge < -0.3 is 24.4 Å². The summed E-state index contributed by atoms with van der Waals surface area (Å²) >= 11 is 13.0. The molecule has 6 rings (SSSR count). The van der Waals surface area contributed by atoms with Crippen LogP contribution in [0.5, 0.6) is 5.75 Å². The van der Waals surface area contributed by atoms with Gasteiger partial charge in [0.05, 0.1) is 29.6 Å². The Morgan fingerprint density at radius 1 is 0.975 bits per heavy atom. The summed E-state index contributed by atoms with van der Waals surface area (Å²) in [5, 5.41) is 4.98. The van der Waals surface area contributed by atoms with Crippen molar-refractivity contribution in [3.8, 4) is 11.4 Å². The quantitative estimate of drug-likeness (QED) is 0.246. The van der Waals surface area contributed by atoms with Crippen molar-refractivity contribution in [1.29, 1.82) is 0 Å². The molecule has 2 fully saturated rings. The Hall–Kier alpha value is -3.55. The molecule has 0 saturated carbocycles. The van der Waals surface area contributed by atoms with Crippen molar-refractivity contribution in [2.45, 2.75) is 38.8 Å². The summed E-state index contributed by atoms with van der Waals surface area (Å²) in [6.45, 7) is 6.51. The number of aryl methyl sites for hydroxylation is 1. The molecule has 0 aliphatic carbocycles. The number of nitrogens with one attached hydrogen (secondary N) is 1. The van der Waals surface area contributed by atoms with Crippen LogP contribution in [0.1, 0.15) is 48.9 Å². The molecule has 6 nitrogen and oxygen atoms in total. The third kappa shape index (κ3) is 4.93. The van der Waals surface area contributed by atoms with E-state index in [2.05, 4.69) is 82.1 Å². The number of nitrogens with zero attached hydrogens (tertiary/aromatic N) is 4. The number of thiocarbonyl (C=S) groups is 1. The topological polar surface area (TPSA) is 45.6 Å². The molecule has 1 N–H and O–H groups in total. The lowest BCUT2D eigenvalue weighted by Crippen LogP contribution is -2.33. The van der Waals surface area contributed by atoms with Crippen LogP contribution in [0, 0.1) is 12.8 Å². The largest absolute Gasteiger partial charge is 0.497 e. The number of halogens is 1. The zero-order valence-electron chi connectivity index (χ0n) is 23.0. The monoisotopic (exact) mass is 571 g/mol. The van der Waals surface area contributed by atoms with Crippen LogP contribution < -0.4 is 19.9 Å². The van der Waals surface area contributed by atoms with E-state index in [0.29, 0.717) is 5.11 Å². The van der Waals surface area contributed by atoms with Crippen molar-refractivity contribution < 1.29 is 4.74 Å². The first-order valence-electron chi connectivity index (χ1n) is 13.8. The van der Waals surface area contributed by atoms with Crippen LogP contribution >= 0.6 is 23.8 Å². The fourth-order valence-corrected chi connectivity index (χ4v) is 6.60. The van der Waals surface area contributed by atoms with Gasteiger partial charge in [0.25, 0.3) is 0 Å². The molecular formula is C32H34ClN5OS. The van der Waals surface area contributed by atoms with E-state index in [9.17, 15) is 0 Å². The van der Waals surface area contributed by atoms with Gasteiger partial charge in [0.15, 0.2) is 5.11 Å². The molecule has 2 aromatic carbocycles. The maximum Gasteiger partial charge on any atom is 0.174 e. The van der Waals surface area contributed by atoms with Crippen molar-refractivity contribution in [2.24, 2.45) is 5.92 Å². The van der Waals surface area contributed by atoms with Crippen molar-refractivity contribution in [3.05, 3.63) is 101 Å². The number of benzene rings is 2. The fraction of sp³-hybridized carbons (Fsp3) is 0.312. The van der Waals surface area contributed by atoms with E-state index in [4.69, 9.17) is 33.5 Å². The number of aromatic nitrogens is 2. The second-order valence-corrected chi connectivity index (χ2v) is 11.5. The van der Waals surface area contributed by atoms with E-state index >= 15 is 0 Å². The molecule has 0 unspecified atom stereocenters. The Morgan fingerprint density at radius 3 is 2.40 bits per heavy atom. The highest BCUT2D eigenvalue weighted by atomic mass is 35.5. The fourth-order valence-electron chi connectivity index (χ4n) is 5.96. The number of ether oxygens (including phenoxy) is 1. The number of hydrogen-bond acceptors (Lipinski definition) is 4. The molecule has 8 heteroatoms. The van der Waals surface area contributed by atoms with E-state index in [1.807, 2.05) is 30.5 Å². The summed E-state index contributed by atoms with van der Waals surface area (Å²) in [7, 11) is 1.68. The zero-order valence-corrected chi connectivity index (χ0v) is 24.6. The van der Waals surface area contributed by atoms with Crippen LogP contribution in [0.25, 0.3) is 5.69 Å². The summed E-state index contributed by atoms with van der Waals surface area (Å²) in [6, 6.07) is 24.6. The molecule has 2 aromatic heterocycles. The van der Waals surface area contributed by atoms with Gasteiger partial charge in [0.2, 0.25) is 0 Å². The highest BCUT2D eigenvalue weighted by Gasteiger charge is 2.42. The summed E-state index contributed by atoms with van der Waals surface area (Å²) in [5.41, 5.74) is 6.28. The smallest absolute Gasteiger partial charge is 0.174 e. The Morgan fingerprint density at radius 2 is 1.73 bits per heavy atom. The van der Waals surface area contributed by atoms with E-state index < -0.39 is 0 Å². The second-order valence-electron chi connectivity index (χ2n) is 10.7. The number of piperidine rings is 1. The van der Waals surface area contributed by atoms with Gasteiger partial charge >= 0.3 is 0 Å². The summed E-state index contributed by atoms with van der Waals surface area (Å²) in [4.78, 5) is 9.32. The lowest BCUT2D eigenvalue weighted by atomic mass is 9.98. The first-order valence-corrected chi connectivity index (χ1v) is 14.6. The van der Waals surface area contributed by atoms with Crippen LogP contribution in [-0.4, -0.2) is 34.9 Å². The molecule has 206 valence electrons. The Bertz CT molecular complexity index is 1500. The molecule has 2 aliphatic heterocycles. The number of hydrogen-bond donors (Lipinski definition) is 1. The van der Waals surface area contributed by atoms with Gasteiger partial charge in [-0.2, -0.15) is 0 Å². The standard InChI is InChI=1S/C32H34ClN5OS/c1-21-15-18-36(19-16-21)28-14-10-24(20-26(28)33)38-31(30(35-32(38)40)27-6-4-5-17-34-27)29-13-7-22(2)37(29)23-8-11-25(39-3)12-9-23/h4-14,17,20-21,30-31H,15-16,18-19H2,1-3H3,(H,35,40)/t30-,31+/m1/s1. The average molecular weight is 572 g/mol. The van der Waals surface area contributed by atoms with E-state index in [-0.39, 0.29) is 12.1 Å². The van der Waals surface area contributed by atoms with Crippen molar-refractivity contribution >= 4 is 40.3 Å². The van der Waals surface area contributed by atoms with Crippen molar-refractivity contribution in [3.63, 3.8) is 0 Å². The molecule has 2 atom stereocenters. The summed E-state index contributed by atoms with van der Waals surface area (Å²) in [5.74, 6) is 1.58. The van der Waals surface area contributed by atoms with Gasteiger partial charge in [0.1, 0.15) is 11.8 Å². The lowest BCUT2D eigenvalue weighted by Gasteiger charge is -2.34. The Labute approximate surface area is 246 Å². The SMILES string of the molecule is COc1ccc(-n2c(C)ccc2[C@H]2[C@@H](c3ccccn3)NC(=S)N2c2ccc(N3CCC(C)CC3)c(Cl)c2)cc1. The number of anilines is 2. The third-order valence-corrected chi connectivity index (χ3v) is 8.79. The van der Waals surface area contributed by atoms with E-state index in [1.165, 1.54) is 12.8 Å². The minimum atomic E-state index is -0.157. The highest BCUT2D eigenvalue weighted by molar-refractivity contribution is 7.80. The zero-order chi connectivity index (χ0) is 27.8. The molecule has 0 bridgehead atoms. The van der Waals surface area contributed by atoms with Gasteiger partial charge in [0, 0.05) is 42.0 Å². The van der Waals surface area contributed by atoms with Crippen molar-refractivity contribution in [1.82, 2.24) is 14.9 Å². The summed E-state index contributed by atoms with van der Waals surface area (Å²) < 4.78 is 7.70. The van der Waals surface area contributed by atoms with Gasteiger partial charge in [-0.1, -0.05) is 24.6 Å². The van der Waals surface area contributed by atoms with Crippen LogP contribution in [0.3, 0.4) is 0 Å². The van der Waals surface area contributed by atoms with Crippen LogP contribution in [-0.2, 0) is 0 Å².